The highest BCUT2D eigenvalue weighted by atomic mass is 35.5. The van der Waals surface area contributed by atoms with Gasteiger partial charge in [-0.05, 0) is 42.0 Å². The number of aliphatic carboxylic acids is 1. The number of hydrogen-bond acceptors (Lipinski definition) is 2. The van der Waals surface area contributed by atoms with Crippen molar-refractivity contribution in [2.45, 2.75) is 20.3 Å². The van der Waals surface area contributed by atoms with Gasteiger partial charge in [-0.3, -0.25) is 0 Å². The Labute approximate surface area is 124 Å². The molecule has 3 nitrogen and oxygen atoms in total. The van der Waals surface area contributed by atoms with Crippen molar-refractivity contribution in [2.75, 3.05) is 18.0 Å². The van der Waals surface area contributed by atoms with Gasteiger partial charge in [-0.2, -0.15) is 0 Å². The Hall–Kier alpha value is -1.48. The third-order valence-electron chi connectivity index (χ3n) is 4.06. The van der Waals surface area contributed by atoms with Gasteiger partial charge in [0.2, 0.25) is 0 Å². The monoisotopic (exact) mass is 293 g/mol. The van der Waals surface area contributed by atoms with E-state index in [0.29, 0.717) is 10.9 Å². The maximum absolute atomic E-state index is 10.5. The first-order chi connectivity index (χ1) is 9.47. The SMILES string of the molecule is CC1CCN(c2ccc(/C=C/C(=O)O)cc2Cl)CC1C. The summed E-state index contributed by atoms with van der Waals surface area (Å²) in [6.45, 7) is 6.61. The number of halogens is 1. The summed E-state index contributed by atoms with van der Waals surface area (Å²) >= 11 is 6.34. The van der Waals surface area contributed by atoms with Crippen molar-refractivity contribution in [2.24, 2.45) is 11.8 Å². The van der Waals surface area contributed by atoms with Gasteiger partial charge in [-0.1, -0.05) is 31.5 Å². The van der Waals surface area contributed by atoms with Gasteiger partial charge in [-0.15, -0.1) is 0 Å². The van der Waals surface area contributed by atoms with Crippen LogP contribution in [-0.2, 0) is 4.79 Å². The van der Waals surface area contributed by atoms with Gasteiger partial charge >= 0.3 is 5.97 Å². The molecule has 0 radical (unpaired) electrons. The smallest absolute Gasteiger partial charge is 0.328 e. The van der Waals surface area contributed by atoms with Crippen LogP contribution in [0.3, 0.4) is 0 Å². The van der Waals surface area contributed by atoms with Crippen LogP contribution in [0.4, 0.5) is 5.69 Å². The molecule has 2 unspecified atom stereocenters. The Morgan fingerprint density at radius 2 is 2.15 bits per heavy atom. The zero-order chi connectivity index (χ0) is 14.7. The number of nitrogens with zero attached hydrogens (tertiary/aromatic N) is 1. The van der Waals surface area contributed by atoms with Crippen LogP contribution in [0.1, 0.15) is 25.8 Å². The first-order valence-corrected chi connectivity index (χ1v) is 7.30. The Morgan fingerprint density at radius 3 is 2.75 bits per heavy atom. The van der Waals surface area contributed by atoms with Gasteiger partial charge < -0.3 is 10.0 Å². The van der Waals surface area contributed by atoms with Crippen LogP contribution < -0.4 is 4.90 Å². The average molecular weight is 294 g/mol. The average Bonchev–Trinajstić information content (AvgIpc) is 2.40. The van der Waals surface area contributed by atoms with Gasteiger partial charge in [0.25, 0.3) is 0 Å². The van der Waals surface area contributed by atoms with Crippen LogP contribution in [0.25, 0.3) is 6.08 Å². The Morgan fingerprint density at radius 1 is 1.40 bits per heavy atom. The fraction of sp³-hybridized carbons (Fsp3) is 0.438. The summed E-state index contributed by atoms with van der Waals surface area (Å²) in [4.78, 5) is 12.8. The number of piperidine rings is 1. The van der Waals surface area contributed by atoms with Crippen LogP contribution in [0.15, 0.2) is 24.3 Å². The number of anilines is 1. The molecule has 1 aliphatic heterocycles. The zero-order valence-corrected chi connectivity index (χ0v) is 12.6. The van der Waals surface area contributed by atoms with E-state index >= 15 is 0 Å². The molecule has 1 aromatic carbocycles. The predicted molar refractivity (Wildman–Crippen MR) is 83.3 cm³/mol. The zero-order valence-electron chi connectivity index (χ0n) is 11.8. The van der Waals surface area contributed by atoms with Crippen molar-refractivity contribution < 1.29 is 9.90 Å². The summed E-state index contributed by atoms with van der Waals surface area (Å²) < 4.78 is 0. The molecule has 2 atom stereocenters. The lowest BCUT2D eigenvalue weighted by molar-refractivity contribution is -0.131. The van der Waals surface area contributed by atoms with E-state index in [9.17, 15) is 4.79 Å². The molecule has 1 fully saturated rings. The van der Waals surface area contributed by atoms with Crippen molar-refractivity contribution in [3.63, 3.8) is 0 Å². The van der Waals surface area contributed by atoms with E-state index < -0.39 is 5.97 Å². The normalized spacial score (nSPS) is 23.2. The molecular weight excluding hydrogens is 274 g/mol. The minimum Gasteiger partial charge on any atom is -0.478 e. The molecule has 4 heteroatoms. The predicted octanol–water partition coefficient (Wildman–Crippen LogP) is 3.92. The van der Waals surface area contributed by atoms with E-state index in [4.69, 9.17) is 16.7 Å². The largest absolute Gasteiger partial charge is 0.478 e. The molecule has 0 bridgehead atoms. The Balaban J connectivity index is 2.15. The summed E-state index contributed by atoms with van der Waals surface area (Å²) in [7, 11) is 0. The van der Waals surface area contributed by atoms with Crippen molar-refractivity contribution in [1.29, 1.82) is 0 Å². The van der Waals surface area contributed by atoms with E-state index in [-0.39, 0.29) is 0 Å². The summed E-state index contributed by atoms with van der Waals surface area (Å²) in [6, 6.07) is 5.70. The second kappa shape index (κ2) is 6.31. The minimum absolute atomic E-state index is 0.659. The molecule has 108 valence electrons. The van der Waals surface area contributed by atoms with Crippen LogP contribution in [-0.4, -0.2) is 24.2 Å². The van der Waals surface area contributed by atoms with Crippen LogP contribution in [0.5, 0.6) is 0 Å². The third-order valence-corrected chi connectivity index (χ3v) is 4.37. The molecular formula is C16H20ClNO2. The Kier molecular flexibility index (Phi) is 4.71. The number of carbonyl (C=O) groups is 1. The maximum atomic E-state index is 10.5. The highest BCUT2D eigenvalue weighted by Gasteiger charge is 2.23. The first kappa shape index (κ1) is 14.9. The fourth-order valence-corrected chi connectivity index (χ4v) is 2.84. The van der Waals surface area contributed by atoms with E-state index in [0.717, 1.165) is 36.3 Å². The highest BCUT2D eigenvalue weighted by Crippen LogP contribution is 2.32. The van der Waals surface area contributed by atoms with Gasteiger partial charge in [0.05, 0.1) is 10.7 Å². The molecule has 20 heavy (non-hydrogen) atoms. The number of carboxylic acid groups (broad SMARTS) is 1. The highest BCUT2D eigenvalue weighted by molar-refractivity contribution is 6.33. The molecule has 0 aromatic heterocycles. The van der Waals surface area contributed by atoms with Crippen LogP contribution >= 0.6 is 11.6 Å². The topological polar surface area (TPSA) is 40.5 Å². The van der Waals surface area contributed by atoms with Crippen LogP contribution in [0.2, 0.25) is 5.02 Å². The molecule has 1 N–H and O–H groups in total. The summed E-state index contributed by atoms with van der Waals surface area (Å²) in [5, 5.41) is 9.31. The first-order valence-electron chi connectivity index (χ1n) is 6.93. The van der Waals surface area contributed by atoms with Crippen molar-refractivity contribution in [3.05, 3.63) is 34.9 Å². The van der Waals surface area contributed by atoms with Gasteiger partial charge in [-0.25, -0.2) is 4.79 Å². The molecule has 1 aliphatic rings. The van der Waals surface area contributed by atoms with Crippen LogP contribution in [0, 0.1) is 11.8 Å². The summed E-state index contributed by atoms with van der Waals surface area (Å²) in [5.41, 5.74) is 1.84. The molecule has 2 rings (SSSR count). The van der Waals surface area contributed by atoms with E-state index in [1.54, 1.807) is 6.08 Å². The van der Waals surface area contributed by atoms with E-state index in [2.05, 4.69) is 18.7 Å². The fourth-order valence-electron chi connectivity index (χ4n) is 2.53. The summed E-state index contributed by atoms with van der Waals surface area (Å²) in [5.74, 6) is 0.457. The van der Waals surface area contributed by atoms with Crippen molar-refractivity contribution in [3.8, 4) is 0 Å². The second-order valence-electron chi connectivity index (χ2n) is 5.57. The third kappa shape index (κ3) is 3.54. The molecule has 0 spiro atoms. The number of rotatable bonds is 3. The lowest BCUT2D eigenvalue weighted by Gasteiger charge is -2.37. The molecule has 1 aromatic rings. The van der Waals surface area contributed by atoms with E-state index in [1.165, 1.54) is 6.42 Å². The van der Waals surface area contributed by atoms with Crippen molar-refractivity contribution >= 4 is 29.3 Å². The molecule has 0 aliphatic carbocycles. The van der Waals surface area contributed by atoms with Crippen molar-refractivity contribution in [1.82, 2.24) is 0 Å². The number of hydrogen-bond donors (Lipinski definition) is 1. The molecule has 0 saturated carbocycles. The quantitative estimate of drug-likeness (QED) is 0.859. The lowest BCUT2D eigenvalue weighted by atomic mass is 9.88. The Bertz CT molecular complexity index is 527. The minimum atomic E-state index is -0.955. The number of carboxylic acids is 1. The standard InChI is InChI=1S/C16H20ClNO2/c1-11-7-8-18(10-12(11)2)15-5-3-13(9-14(15)17)4-6-16(19)20/h3-6,9,11-12H,7-8,10H2,1-2H3,(H,19,20)/b6-4+. The summed E-state index contributed by atoms with van der Waals surface area (Å²) in [6.07, 6.45) is 3.85. The van der Waals surface area contributed by atoms with E-state index in [1.807, 2.05) is 18.2 Å². The van der Waals surface area contributed by atoms with Gasteiger partial charge in [0.1, 0.15) is 0 Å². The molecule has 1 saturated heterocycles. The molecule has 1 heterocycles. The number of benzene rings is 1. The second-order valence-corrected chi connectivity index (χ2v) is 5.98. The van der Waals surface area contributed by atoms with Gasteiger partial charge in [0.15, 0.2) is 0 Å². The van der Waals surface area contributed by atoms with Gasteiger partial charge in [0, 0.05) is 19.2 Å². The maximum Gasteiger partial charge on any atom is 0.328 e. The molecule has 0 amide bonds. The lowest BCUT2D eigenvalue weighted by Crippen LogP contribution is -2.38.